The third-order valence-corrected chi connectivity index (χ3v) is 3.04. The van der Waals surface area contributed by atoms with Gasteiger partial charge in [-0.25, -0.2) is 4.98 Å². The molecule has 1 heterocycles. The van der Waals surface area contributed by atoms with Gasteiger partial charge in [0.05, 0.1) is 20.4 Å². The Morgan fingerprint density at radius 3 is 2.30 bits per heavy atom. The maximum atomic E-state index is 10.4. The van der Waals surface area contributed by atoms with Crippen LogP contribution < -0.4 is 9.47 Å². The maximum absolute atomic E-state index is 10.4. The smallest absolute Gasteiger partial charge is 0.241 e. The van der Waals surface area contributed by atoms with Crippen LogP contribution in [0.5, 0.6) is 11.8 Å². The highest BCUT2D eigenvalue weighted by Crippen LogP contribution is 2.31. The Morgan fingerprint density at radius 2 is 1.75 bits per heavy atom. The summed E-state index contributed by atoms with van der Waals surface area (Å²) in [4.78, 5) is 8.18. The fourth-order valence-corrected chi connectivity index (χ4v) is 2.24. The highest BCUT2D eigenvalue weighted by atomic mass is 35.5. The van der Waals surface area contributed by atoms with Gasteiger partial charge in [-0.3, -0.25) is 0 Å². The monoisotopic (exact) mass is 314 g/mol. The second kappa shape index (κ2) is 6.26. The zero-order valence-electron chi connectivity index (χ0n) is 10.8. The number of hydrogen-bond acceptors (Lipinski definition) is 5. The lowest BCUT2D eigenvalue weighted by atomic mass is 10.1. The summed E-state index contributed by atoms with van der Waals surface area (Å²) in [5.41, 5.74) is 0.756. The molecular formula is C13H12Cl2N2O3. The van der Waals surface area contributed by atoms with Crippen LogP contribution >= 0.6 is 23.2 Å². The molecule has 0 aliphatic heterocycles. The molecular weight excluding hydrogens is 303 g/mol. The number of benzene rings is 1. The van der Waals surface area contributed by atoms with Gasteiger partial charge in [-0.05, 0) is 23.8 Å². The van der Waals surface area contributed by atoms with Crippen molar-refractivity contribution in [2.75, 3.05) is 14.2 Å². The molecule has 0 saturated heterocycles. The second-order valence-electron chi connectivity index (χ2n) is 3.91. The van der Waals surface area contributed by atoms with E-state index in [-0.39, 0.29) is 11.6 Å². The van der Waals surface area contributed by atoms with E-state index < -0.39 is 6.10 Å². The van der Waals surface area contributed by atoms with Gasteiger partial charge in [-0.15, -0.1) is 0 Å². The van der Waals surface area contributed by atoms with Gasteiger partial charge >= 0.3 is 0 Å². The number of hydrogen-bond donors (Lipinski definition) is 1. The Balaban J connectivity index is 2.44. The van der Waals surface area contributed by atoms with Gasteiger partial charge < -0.3 is 14.6 Å². The van der Waals surface area contributed by atoms with E-state index in [9.17, 15) is 5.11 Å². The third-order valence-electron chi connectivity index (χ3n) is 2.61. The van der Waals surface area contributed by atoms with Crippen molar-refractivity contribution in [2.45, 2.75) is 6.10 Å². The van der Waals surface area contributed by atoms with Crippen molar-refractivity contribution in [3.05, 3.63) is 45.7 Å². The molecule has 0 bridgehead atoms. The summed E-state index contributed by atoms with van der Waals surface area (Å²) in [5, 5.41) is 11.2. The van der Waals surface area contributed by atoms with Crippen molar-refractivity contribution < 1.29 is 14.6 Å². The Morgan fingerprint density at radius 1 is 1.10 bits per heavy atom. The van der Waals surface area contributed by atoms with Gasteiger partial charge in [0, 0.05) is 10.0 Å². The Bertz CT molecular complexity index is 602. The molecule has 5 nitrogen and oxygen atoms in total. The van der Waals surface area contributed by atoms with Crippen molar-refractivity contribution in [3.8, 4) is 11.8 Å². The largest absolute Gasteiger partial charge is 0.480 e. The highest BCUT2D eigenvalue weighted by molar-refractivity contribution is 6.34. The van der Waals surface area contributed by atoms with Crippen LogP contribution in [0.4, 0.5) is 0 Å². The zero-order valence-corrected chi connectivity index (χ0v) is 12.3. The molecule has 106 valence electrons. The van der Waals surface area contributed by atoms with Gasteiger partial charge in [0.2, 0.25) is 11.8 Å². The van der Waals surface area contributed by atoms with E-state index in [0.717, 1.165) is 0 Å². The molecule has 1 unspecified atom stereocenters. The molecule has 1 aromatic carbocycles. The summed E-state index contributed by atoms with van der Waals surface area (Å²) in [5.74, 6) is 0.467. The molecule has 0 spiro atoms. The van der Waals surface area contributed by atoms with Crippen LogP contribution in [-0.4, -0.2) is 29.3 Å². The van der Waals surface area contributed by atoms with Crippen molar-refractivity contribution in [2.24, 2.45) is 0 Å². The first-order valence-corrected chi connectivity index (χ1v) is 6.39. The summed E-state index contributed by atoms with van der Waals surface area (Å²) >= 11 is 11.8. The minimum atomic E-state index is -1.06. The number of aliphatic hydroxyl groups is 1. The van der Waals surface area contributed by atoms with Crippen LogP contribution in [0.3, 0.4) is 0 Å². The van der Waals surface area contributed by atoms with Gasteiger partial charge in [0.25, 0.3) is 0 Å². The fraction of sp³-hybridized carbons (Fsp3) is 0.231. The second-order valence-corrected chi connectivity index (χ2v) is 4.79. The van der Waals surface area contributed by atoms with Gasteiger partial charge in [-0.1, -0.05) is 23.2 Å². The van der Waals surface area contributed by atoms with Crippen LogP contribution in [0.1, 0.15) is 17.4 Å². The third kappa shape index (κ3) is 3.12. The zero-order chi connectivity index (χ0) is 14.7. The lowest BCUT2D eigenvalue weighted by Crippen LogP contribution is -2.07. The van der Waals surface area contributed by atoms with Gasteiger partial charge in [0.1, 0.15) is 11.8 Å². The van der Waals surface area contributed by atoms with Crippen molar-refractivity contribution >= 4 is 23.2 Å². The normalized spacial score (nSPS) is 12.1. The summed E-state index contributed by atoms with van der Waals surface area (Å²) in [6, 6.07) is 4.78. The van der Waals surface area contributed by atoms with Crippen LogP contribution in [0.2, 0.25) is 10.0 Å². The summed E-state index contributed by atoms with van der Waals surface area (Å²) in [7, 11) is 2.90. The molecule has 1 aromatic heterocycles. The predicted octanol–water partition coefficient (Wildman–Crippen LogP) is 2.88. The maximum Gasteiger partial charge on any atom is 0.241 e. The lowest BCUT2D eigenvalue weighted by molar-refractivity contribution is 0.206. The summed E-state index contributed by atoms with van der Waals surface area (Å²) < 4.78 is 10.1. The first-order chi connectivity index (χ1) is 9.55. The number of rotatable bonds is 4. The molecule has 1 atom stereocenters. The minimum absolute atomic E-state index is 0.174. The van der Waals surface area contributed by atoms with Crippen molar-refractivity contribution in [1.29, 1.82) is 0 Å². The minimum Gasteiger partial charge on any atom is -0.480 e. The van der Waals surface area contributed by atoms with Gasteiger partial charge in [-0.2, -0.15) is 4.98 Å². The molecule has 0 amide bonds. The van der Waals surface area contributed by atoms with Crippen LogP contribution in [-0.2, 0) is 0 Å². The Labute approximate surface area is 126 Å². The molecule has 2 rings (SSSR count). The molecule has 0 saturated carbocycles. The SMILES string of the molecule is COc1cnc(C(O)c2cc(Cl)cc(Cl)c2)c(OC)n1. The van der Waals surface area contributed by atoms with Crippen LogP contribution in [0.25, 0.3) is 0 Å². The van der Waals surface area contributed by atoms with Crippen molar-refractivity contribution in [3.63, 3.8) is 0 Å². The average molecular weight is 315 g/mol. The topological polar surface area (TPSA) is 64.5 Å². The fourth-order valence-electron chi connectivity index (χ4n) is 1.69. The van der Waals surface area contributed by atoms with Crippen LogP contribution in [0.15, 0.2) is 24.4 Å². The summed E-state index contributed by atoms with van der Waals surface area (Å²) in [6.45, 7) is 0. The first kappa shape index (κ1) is 14.8. The number of aliphatic hydroxyl groups excluding tert-OH is 1. The molecule has 2 aromatic rings. The molecule has 0 fully saturated rings. The van der Waals surface area contributed by atoms with E-state index in [2.05, 4.69) is 9.97 Å². The van der Waals surface area contributed by atoms with Crippen LogP contribution in [0, 0.1) is 0 Å². The Kier molecular flexibility index (Phi) is 4.65. The van der Waals surface area contributed by atoms with E-state index in [4.69, 9.17) is 32.7 Å². The van der Waals surface area contributed by atoms with E-state index in [1.165, 1.54) is 20.4 Å². The Hall–Kier alpha value is -1.56. The number of halogens is 2. The molecule has 0 aliphatic carbocycles. The van der Waals surface area contributed by atoms with Gasteiger partial charge in [0.15, 0.2) is 0 Å². The molecule has 7 heteroatoms. The van der Waals surface area contributed by atoms with E-state index >= 15 is 0 Å². The lowest BCUT2D eigenvalue weighted by Gasteiger charge is -2.14. The average Bonchev–Trinajstić information content (AvgIpc) is 2.44. The quantitative estimate of drug-likeness (QED) is 0.940. The number of nitrogens with zero attached hydrogens (tertiary/aromatic N) is 2. The van der Waals surface area contributed by atoms with E-state index in [0.29, 0.717) is 21.5 Å². The molecule has 20 heavy (non-hydrogen) atoms. The van der Waals surface area contributed by atoms with E-state index in [1.807, 2.05) is 0 Å². The van der Waals surface area contributed by atoms with Crippen molar-refractivity contribution in [1.82, 2.24) is 9.97 Å². The number of aromatic nitrogens is 2. The molecule has 0 radical (unpaired) electrons. The number of methoxy groups -OCH3 is 2. The first-order valence-electron chi connectivity index (χ1n) is 5.64. The molecule has 0 aliphatic rings. The highest BCUT2D eigenvalue weighted by Gasteiger charge is 2.20. The predicted molar refractivity (Wildman–Crippen MR) is 75.7 cm³/mol. The summed E-state index contributed by atoms with van der Waals surface area (Å²) in [6.07, 6.45) is 0.340. The van der Waals surface area contributed by atoms with E-state index in [1.54, 1.807) is 18.2 Å². The standard InChI is InChI=1S/C13H12Cl2N2O3/c1-19-10-6-16-11(13(17-10)20-2)12(18)7-3-8(14)5-9(15)4-7/h3-6,12,18H,1-2H3. The number of ether oxygens (including phenoxy) is 2. The molecule has 1 N–H and O–H groups in total.